The Bertz CT molecular complexity index is 333. The fraction of sp³-hybridized carbons (Fsp3) is 0.625. The lowest BCUT2D eigenvalue weighted by Crippen LogP contribution is -2.13. The second-order valence-corrected chi connectivity index (χ2v) is 3.01. The van der Waals surface area contributed by atoms with Gasteiger partial charge in [-0.25, -0.2) is 4.79 Å². The topological polar surface area (TPSA) is 77.2 Å². The van der Waals surface area contributed by atoms with E-state index < -0.39 is 5.97 Å². The third kappa shape index (κ3) is 1.84. The Hall–Kier alpha value is -1.59. The van der Waals surface area contributed by atoms with Gasteiger partial charge in [0.1, 0.15) is 0 Å². The van der Waals surface area contributed by atoms with Crippen LogP contribution in [-0.2, 0) is 0 Å². The van der Waals surface area contributed by atoms with Gasteiger partial charge in [0.15, 0.2) is 0 Å². The number of hydrogen-bond donors (Lipinski definition) is 1. The van der Waals surface area contributed by atoms with Gasteiger partial charge in [0.2, 0.25) is 5.82 Å². The van der Waals surface area contributed by atoms with Crippen molar-refractivity contribution in [3.05, 3.63) is 5.82 Å². The number of ether oxygens (including phenoxy) is 1. The molecule has 0 fully saturated rings. The summed E-state index contributed by atoms with van der Waals surface area (Å²) in [5, 5.41) is 16.0. The lowest BCUT2D eigenvalue weighted by molar-refractivity contribution is 0.0674. The molecule has 0 bridgehead atoms. The Morgan fingerprint density at radius 1 is 1.57 bits per heavy atom. The molecule has 0 amide bonds. The molecule has 0 saturated heterocycles. The van der Waals surface area contributed by atoms with E-state index in [0.29, 0.717) is 6.61 Å². The fourth-order valence-corrected chi connectivity index (χ4v) is 1.12. The summed E-state index contributed by atoms with van der Waals surface area (Å²) in [4.78, 5) is 10.8. The highest BCUT2D eigenvalue weighted by atomic mass is 16.5. The Morgan fingerprint density at radius 2 is 2.21 bits per heavy atom. The van der Waals surface area contributed by atoms with E-state index in [1.165, 1.54) is 4.57 Å². The van der Waals surface area contributed by atoms with Crippen LogP contribution in [0.15, 0.2) is 0 Å². The predicted octanol–water partition coefficient (Wildman–Crippen LogP) is 0.956. The van der Waals surface area contributed by atoms with Gasteiger partial charge in [-0.1, -0.05) is 5.10 Å². The molecule has 1 aromatic heterocycles. The third-order valence-electron chi connectivity index (χ3n) is 1.65. The second-order valence-electron chi connectivity index (χ2n) is 3.01. The van der Waals surface area contributed by atoms with Gasteiger partial charge in [0.25, 0.3) is 0 Å². The normalized spacial score (nSPS) is 10.6. The summed E-state index contributed by atoms with van der Waals surface area (Å²) < 4.78 is 6.61. The maximum atomic E-state index is 10.8. The van der Waals surface area contributed by atoms with Gasteiger partial charge in [0.05, 0.1) is 6.61 Å². The van der Waals surface area contributed by atoms with Crippen LogP contribution in [0.5, 0.6) is 6.01 Å². The Labute approximate surface area is 81.5 Å². The average molecular weight is 199 g/mol. The number of aromatic carboxylic acids is 1. The van der Waals surface area contributed by atoms with Gasteiger partial charge >= 0.3 is 12.0 Å². The molecule has 0 aliphatic heterocycles. The molecule has 0 aromatic carbocycles. The summed E-state index contributed by atoms with van der Waals surface area (Å²) in [5.41, 5.74) is 0. The molecule has 1 aromatic rings. The quantitative estimate of drug-likeness (QED) is 0.781. The SMILES string of the molecule is CCOc1nnc(C(=O)O)n1C(C)C. The van der Waals surface area contributed by atoms with E-state index in [1.807, 2.05) is 13.8 Å². The van der Waals surface area contributed by atoms with Crippen molar-refractivity contribution in [2.45, 2.75) is 26.8 Å². The highest BCUT2D eigenvalue weighted by molar-refractivity contribution is 5.83. The van der Waals surface area contributed by atoms with Crippen molar-refractivity contribution in [2.75, 3.05) is 6.61 Å². The molecule has 0 aliphatic carbocycles. The number of aromatic nitrogens is 3. The van der Waals surface area contributed by atoms with Crippen molar-refractivity contribution in [1.82, 2.24) is 14.8 Å². The zero-order valence-corrected chi connectivity index (χ0v) is 8.39. The summed E-state index contributed by atoms with van der Waals surface area (Å²) in [7, 11) is 0. The van der Waals surface area contributed by atoms with Crippen LogP contribution in [0.2, 0.25) is 0 Å². The number of rotatable bonds is 4. The van der Waals surface area contributed by atoms with Gasteiger partial charge in [-0.3, -0.25) is 4.57 Å². The number of nitrogens with zero attached hydrogens (tertiary/aromatic N) is 3. The molecular weight excluding hydrogens is 186 g/mol. The summed E-state index contributed by atoms with van der Waals surface area (Å²) in [6.45, 7) is 5.93. The molecule has 6 nitrogen and oxygen atoms in total. The molecule has 0 unspecified atom stereocenters. The van der Waals surface area contributed by atoms with Crippen molar-refractivity contribution in [3.63, 3.8) is 0 Å². The highest BCUT2D eigenvalue weighted by Gasteiger charge is 2.20. The Balaban J connectivity index is 3.13. The number of hydrogen-bond acceptors (Lipinski definition) is 4. The summed E-state index contributed by atoms with van der Waals surface area (Å²) in [6, 6.07) is 0.206. The third-order valence-corrected chi connectivity index (χ3v) is 1.65. The van der Waals surface area contributed by atoms with Crippen LogP contribution in [0.1, 0.15) is 37.4 Å². The van der Waals surface area contributed by atoms with E-state index >= 15 is 0 Å². The largest absolute Gasteiger partial charge is 0.475 e. The summed E-state index contributed by atoms with van der Waals surface area (Å²) >= 11 is 0. The van der Waals surface area contributed by atoms with Gasteiger partial charge in [-0.05, 0) is 20.8 Å². The minimum absolute atomic E-state index is 0.0438. The van der Waals surface area contributed by atoms with Crippen LogP contribution in [0.3, 0.4) is 0 Å². The zero-order valence-electron chi connectivity index (χ0n) is 8.39. The molecule has 0 spiro atoms. The molecule has 0 aliphatic rings. The minimum Gasteiger partial charge on any atom is -0.475 e. The van der Waals surface area contributed by atoms with E-state index in [2.05, 4.69) is 10.2 Å². The van der Waals surface area contributed by atoms with Crippen LogP contribution in [0.25, 0.3) is 0 Å². The molecule has 1 N–H and O–H groups in total. The van der Waals surface area contributed by atoms with Gasteiger partial charge in [-0.15, -0.1) is 5.10 Å². The Kier molecular flexibility index (Phi) is 3.06. The van der Waals surface area contributed by atoms with E-state index in [9.17, 15) is 4.79 Å². The van der Waals surface area contributed by atoms with E-state index in [-0.39, 0.29) is 17.9 Å². The first-order valence-electron chi connectivity index (χ1n) is 4.38. The van der Waals surface area contributed by atoms with E-state index in [1.54, 1.807) is 6.92 Å². The molecular formula is C8H13N3O3. The van der Waals surface area contributed by atoms with Crippen molar-refractivity contribution >= 4 is 5.97 Å². The predicted molar refractivity (Wildman–Crippen MR) is 48.5 cm³/mol. The average Bonchev–Trinajstić information content (AvgIpc) is 2.48. The lowest BCUT2D eigenvalue weighted by Gasteiger charge is -2.11. The molecule has 78 valence electrons. The van der Waals surface area contributed by atoms with E-state index in [0.717, 1.165) is 0 Å². The molecule has 1 rings (SSSR count). The van der Waals surface area contributed by atoms with Crippen LogP contribution in [0.4, 0.5) is 0 Å². The highest BCUT2D eigenvalue weighted by Crippen LogP contribution is 2.17. The molecule has 0 saturated carbocycles. The first-order valence-corrected chi connectivity index (χ1v) is 4.38. The van der Waals surface area contributed by atoms with Crippen LogP contribution >= 0.6 is 0 Å². The number of carboxylic acids is 1. The Morgan fingerprint density at radius 3 is 2.64 bits per heavy atom. The first kappa shape index (κ1) is 10.5. The maximum Gasteiger partial charge on any atom is 0.374 e. The van der Waals surface area contributed by atoms with Crippen molar-refractivity contribution in [1.29, 1.82) is 0 Å². The standard InChI is InChI=1S/C8H13N3O3/c1-4-14-8-10-9-6(7(12)13)11(8)5(2)3/h5H,4H2,1-3H3,(H,12,13). The first-order chi connectivity index (χ1) is 6.57. The second kappa shape index (κ2) is 4.08. The number of carbonyl (C=O) groups is 1. The molecule has 0 atom stereocenters. The summed E-state index contributed by atoms with van der Waals surface area (Å²) in [6.07, 6.45) is 0. The molecule has 0 radical (unpaired) electrons. The van der Waals surface area contributed by atoms with Crippen molar-refractivity contribution < 1.29 is 14.6 Å². The maximum absolute atomic E-state index is 10.8. The van der Waals surface area contributed by atoms with E-state index in [4.69, 9.17) is 9.84 Å². The fourth-order valence-electron chi connectivity index (χ4n) is 1.12. The smallest absolute Gasteiger partial charge is 0.374 e. The van der Waals surface area contributed by atoms with Crippen molar-refractivity contribution in [2.24, 2.45) is 0 Å². The zero-order chi connectivity index (χ0) is 10.7. The monoisotopic (exact) mass is 199 g/mol. The number of carboxylic acid groups (broad SMARTS) is 1. The van der Waals surface area contributed by atoms with Crippen LogP contribution in [0, 0.1) is 0 Å². The molecule has 14 heavy (non-hydrogen) atoms. The van der Waals surface area contributed by atoms with Gasteiger partial charge in [-0.2, -0.15) is 0 Å². The van der Waals surface area contributed by atoms with Gasteiger partial charge in [0, 0.05) is 6.04 Å². The van der Waals surface area contributed by atoms with Crippen LogP contribution in [-0.4, -0.2) is 32.4 Å². The summed E-state index contributed by atoms with van der Waals surface area (Å²) in [5.74, 6) is -1.19. The van der Waals surface area contributed by atoms with Crippen LogP contribution < -0.4 is 4.74 Å². The molecule has 6 heteroatoms. The minimum atomic E-state index is -1.10. The van der Waals surface area contributed by atoms with Crippen molar-refractivity contribution in [3.8, 4) is 6.01 Å². The molecule has 1 heterocycles. The van der Waals surface area contributed by atoms with Gasteiger partial charge < -0.3 is 9.84 Å². The lowest BCUT2D eigenvalue weighted by atomic mass is 10.4.